The largest absolute Gasteiger partial charge is 0.493 e. The van der Waals surface area contributed by atoms with Crippen molar-refractivity contribution in [2.24, 2.45) is 0 Å². The minimum Gasteiger partial charge on any atom is -0.493 e. The van der Waals surface area contributed by atoms with E-state index in [4.69, 9.17) is 21.7 Å². The van der Waals surface area contributed by atoms with Crippen LogP contribution in [0.3, 0.4) is 0 Å². The summed E-state index contributed by atoms with van der Waals surface area (Å²) >= 11 is 5.12. The molecule has 0 amide bonds. The van der Waals surface area contributed by atoms with Crippen LogP contribution in [0.4, 0.5) is 0 Å². The summed E-state index contributed by atoms with van der Waals surface area (Å²) in [5.41, 5.74) is -0.0330. The average molecular weight is 203 g/mol. The molecule has 1 aromatic carbocycles. The number of rotatable bonds is 3. The Balaban J connectivity index is 3.27. The maximum atomic E-state index is 10.7. The van der Waals surface area contributed by atoms with Gasteiger partial charge in [-0.3, -0.25) is 0 Å². The lowest BCUT2D eigenvalue weighted by Gasteiger charge is -2.06. The van der Waals surface area contributed by atoms with Crippen LogP contribution in [0, 0.1) is 0 Å². The Morgan fingerprint density at radius 2 is 2.23 bits per heavy atom. The number of carboxylic acid groups (broad SMARTS) is 1. The monoisotopic (exact) mass is 202 g/mol. The van der Waals surface area contributed by atoms with E-state index in [1.807, 2.05) is 0 Å². The van der Waals surface area contributed by atoms with Crippen molar-refractivity contribution < 1.29 is 18.9 Å². The van der Waals surface area contributed by atoms with E-state index < -0.39 is 5.97 Å². The van der Waals surface area contributed by atoms with Crippen molar-refractivity contribution in [1.29, 1.82) is 0 Å². The van der Waals surface area contributed by atoms with Gasteiger partial charge in [-0.1, -0.05) is 6.07 Å². The van der Waals surface area contributed by atoms with E-state index in [0.29, 0.717) is 0 Å². The van der Waals surface area contributed by atoms with Gasteiger partial charge in [-0.2, -0.15) is 0 Å². The SMILES string of the molecule is COc1cccc(C(=O)O)c1OCl. The first-order valence-electron chi connectivity index (χ1n) is 3.39. The lowest BCUT2D eigenvalue weighted by molar-refractivity contribution is 0.0694. The van der Waals surface area contributed by atoms with E-state index in [1.165, 1.54) is 13.2 Å². The molecule has 13 heavy (non-hydrogen) atoms. The van der Waals surface area contributed by atoms with Crippen molar-refractivity contribution in [3.63, 3.8) is 0 Å². The second kappa shape index (κ2) is 4.00. The number of carboxylic acids is 1. The molecule has 70 valence electrons. The van der Waals surface area contributed by atoms with Crippen LogP contribution in [-0.4, -0.2) is 18.2 Å². The fraction of sp³-hybridized carbons (Fsp3) is 0.125. The number of halogens is 1. The van der Waals surface area contributed by atoms with Crippen LogP contribution in [0.25, 0.3) is 0 Å². The van der Waals surface area contributed by atoms with E-state index in [9.17, 15) is 4.79 Å². The van der Waals surface area contributed by atoms with Crippen molar-refractivity contribution in [3.05, 3.63) is 23.8 Å². The highest BCUT2D eigenvalue weighted by Crippen LogP contribution is 2.31. The Labute approximate surface area is 79.8 Å². The third-order valence-corrected chi connectivity index (χ3v) is 1.66. The molecule has 0 bridgehead atoms. The minimum atomic E-state index is -1.12. The van der Waals surface area contributed by atoms with Crippen molar-refractivity contribution in [3.8, 4) is 11.5 Å². The quantitative estimate of drug-likeness (QED) is 0.814. The number of carbonyl (C=O) groups is 1. The van der Waals surface area contributed by atoms with Gasteiger partial charge in [0.1, 0.15) is 17.4 Å². The highest BCUT2D eigenvalue weighted by molar-refractivity contribution is 6.10. The minimum absolute atomic E-state index is 0.0131. The molecule has 0 aliphatic carbocycles. The Kier molecular flexibility index (Phi) is 2.97. The number of aromatic carboxylic acids is 1. The molecule has 0 saturated heterocycles. The van der Waals surface area contributed by atoms with Crippen LogP contribution < -0.4 is 9.03 Å². The molecule has 0 saturated carbocycles. The maximum absolute atomic E-state index is 10.7. The third kappa shape index (κ3) is 1.84. The summed E-state index contributed by atoms with van der Waals surface area (Å²) in [5, 5.41) is 8.72. The Bertz CT molecular complexity index is 324. The predicted octanol–water partition coefficient (Wildman–Crippen LogP) is 1.93. The lowest BCUT2D eigenvalue weighted by atomic mass is 10.2. The topological polar surface area (TPSA) is 55.8 Å². The fourth-order valence-corrected chi connectivity index (χ4v) is 1.08. The Hall–Kier alpha value is -1.42. The summed E-state index contributed by atoms with van der Waals surface area (Å²) in [6.45, 7) is 0. The highest BCUT2D eigenvalue weighted by atomic mass is 35.5. The van der Waals surface area contributed by atoms with Crippen LogP contribution >= 0.6 is 11.9 Å². The molecule has 1 N–H and O–H groups in total. The molecule has 0 unspecified atom stereocenters. The first kappa shape index (κ1) is 9.67. The van der Waals surface area contributed by atoms with Gasteiger partial charge in [0.2, 0.25) is 5.75 Å². The second-order valence-corrected chi connectivity index (χ2v) is 2.37. The first-order valence-corrected chi connectivity index (χ1v) is 3.70. The molecule has 0 atom stereocenters. The summed E-state index contributed by atoms with van der Waals surface area (Å²) in [7, 11) is 1.40. The average Bonchev–Trinajstić information content (AvgIpc) is 2.16. The van der Waals surface area contributed by atoms with Gasteiger partial charge in [0.25, 0.3) is 0 Å². The summed E-state index contributed by atoms with van der Waals surface area (Å²) in [6, 6.07) is 4.48. The smallest absolute Gasteiger partial charge is 0.339 e. The van der Waals surface area contributed by atoms with Gasteiger partial charge in [0.05, 0.1) is 7.11 Å². The second-order valence-electron chi connectivity index (χ2n) is 2.22. The molecular weight excluding hydrogens is 196 g/mol. The van der Waals surface area contributed by atoms with Crippen molar-refractivity contribution in [2.45, 2.75) is 0 Å². The normalized spacial score (nSPS) is 9.38. The molecule has 0 fully saturated rings. The van der Waals surface area contributed by atoms with Gasteiger partial charge in [0, 0.05) is 0 Å². The molecule has 1 aromatic rings. The van der Waals surface area contributed by atoms with E-state index >= 15 is 0 Å². The van der Waals surface area contributed by atoms with Gasteiger partial charge < -0.3 is 14.1 Å². The molecule has 0 radical (unpaired) electrons. The number of methoxy groups -OCH3 is 1. The molecule has 0 aliphatic heterocycles. The molecule has 5 heteroatoms. The van der Waals surface area contributed by atoms with Gasteiger partial charge >= 0.3 is 5.97 Å². The van der Waals surface area contributed by atoms with Gasteiger partial charge in [-0.25, -0.2) is 4.79 Å². The Morgan fingerprint density at radius 3 is 2.69 bits per heavy atom. The van der Waals surface area contributed by atoms with Gasteiger partial charge in [-0.05, 0) is 12.1 Å². The molecule has 1 rings (SSSR count). The predicted molar refractivity (Wildman–Crippen MR) is 46.4 cm³/mol. The van der Waals surface area contributed by atoms with Crippen LogP contribution in [0.5, 0.6) is 11.5 Å². The molecule has 0 aromatic heterocycles. The number of para-hydroxylation sites is 1. The Morgan fingerprint density at radius 1 is 1.54 bits per heavy atom. The van der Waals surface area contributed by atoms with E-state index in [0.717, 1.165) is 0 Å². The molecule has 4 nitrogen and oxygen atoms in total. The number of ether oxygens (including phenoxy) is 1. The van der Waals surface area contributed by atoms with Crippen LogP contribution in [0.15, 0.2) is 18.2 Å². The fourth-order valence-electron chi connectivity index (χ4n) is 0.925. The van der Waals surface area contributed by atoms with Gasteiger partial charge in [-0.15, -0.1) is 0 Å². The summed E-state index contributed by atoms with van der Waals surface area (Å²) in [5.74, 6) is -0.816. The zero-order valence-electron chi connectivity index (χ0n) is 6.78. The lowest BCUT2D eigenvalue weighted by Crippen LogP contribution is -2.00. The zero-order chi connectivity index (χ0) is 9.84. The van der Waals surface area contributed by atoms with E-state index in [2.05, 4.69) is 4.29 Å². The van der Waals surface area contributed by atoms with Crippen LogP contribution in [0.1, 0.15) is 10.4 Å². The van der Waals surface area contributed by atoms with Crippen LogP contribution in [0.2, 0.25) is 0 Å². The van der Waals surface area contributed by atoms with E-state index in [1.54, 1.807) is 12.1 Å². The summed E-state index contributed by atoms with van der Waals surface area (Å²) in [4.78, 5) is 10.7. The molecular formula is C8H7ClO4. The molecule has 0 heterocycles. The highest BCUT2D eigenvalue weighted by Gasteiger charge is 2.15. The van der Waals surface area contributed by atoms with Gasteiger partial charge in [0.15, 0.2) is 5.75 Å². The molecule has 0 aliphatic rings. The number of hydrogen-bond acceptors (Lipinski definition) is 3. The third-order valence-electron chi connectivity index (χ3n) is 1.51. The van der Waals surface area contributed by atoms with Crippen molar-refractivity contribution in [2.75, 3.05) is 7.11 Å². The van der Waals surface area contributed by atoms with Crippen molar-refractivity contribution in [1.82, 2.24) is 0 Å². The standard InChI is InChI=1S/C8H7ClO4/c1-12-6-4-2-3-5(8(10)11)7(6)13-9/h2-4H,1H3,(H,10,11). The summed E-state index contributed by atoms with van der Waals surface area (Å²) < 4.78 is 9.25. The van der Waals surface area contributed by atoms with Crippen LogP contribution in [-0.2, 0) is 0 Å². The van der Waals surface area contributed by atoms with Crippen molar-refractivity contribution >= 4 is 17.8 Å². The maximum Gasteiger partial charge on any atom is 0.339 e. The zero-order valence-corrected chi connectivity index (χ0v) is 7.54. The first-order chi connectivity index (χ1) is 6.20. The molecule has 0 spiro atoms. The number of hydrogen-bond donors (Lipinski definition) is 1. The van der Waals surface area contributed by atoms with E-state index in [-0.39, 0.29) is 17.1 Å². The number of benzene rings is 1. The summed E-state index contributed by atoms with van der Waals surface area (Å²) in [6.07, 6.45) is 0.